The molecule has 0 unspecified atom stereocenters. The van der Waals surface area contributed by atoms with Gasteiger partial charge in [-0.2, -0.15) is 0 Å². The third kappa shape index (κ3) is 2.69. The molecule has 0 aliphatic rings. The van der Waals surface area contributed by atoms with Crippen molar-refractivity contribution in [1.29, 1.82) is 0 Å². The van der Waals surface area contributed by atoms with Crippen molar-refractivity contribution in [3.63, 3.8) is 0 Å². The van der Waals surface area contributed by atoms with E-state index in [4.69, 9.17) is 0 Å². The predicted octanol–water partition coefficient (Wildman–Crippen LogP) is 4.87. The molecular formula is C15H9F4NO. The van der Waals surface area contributed by atoms with E-state index in [0.717, 1.165) is 6.07 Å². The Morgan fingerprint density at radius 1 is 1.00 bits per heavy atom. The molecule has 0 fully saturated rings. The second kappa shape index (κ2) is 4.80. The maximum absolute atomic E-state index is 14.4. The number of benzene rings is 2. The van der Waals surface area contributed by atoms with E-state index < -0.39 is 12.2 Å². The first-order valence-electron chi connectivity index (χ1n) is 6.06. The van der Waals surface area contributed by atoms with Gasteiger partial charge in [0.15, 0.2) is 0 Å². The van der Waals surface area contributed by atoms with Crippen molar-refractivity contribution in [2.75, 3.05) is 0 Å². The highest BCUT2D eigenvalue weighted by Crippen LogP contribution is 2.32. The van der Waals surface area contributed by atoms with E-state index >= 15 is 0 Å². The first kappa shape index (κ1) is 13.5. The van der Waals surface area contributed by atoms with E-state index in [1.165, 1.54) is 24.3 Å². The van der Waals surface area contributed by atoms with Crippen molar-refractivity contribution >= 4 is 10.9 Å². The number of ether oxygens (including phenoxy) is 1. The zero-order valence-electron chi connectivity index (χ0n) is 10.5. The summed E-state index contributed by atoms with van der Waals surface area (Å²) in [5, 5.41) is 0.384. The second-order valence-electron chi connectivity index (χ2n) is 4.44. The maximum atomic E-state index is 14.4. The highest BCUT2D eigenvalue weighted by Gasteiger charge is 2.31. The van der Waals surface area contributed by atoms with Gasteiger partial charge in [-0.25, -0.2) is 4.39 Å². The van der Waals surface area contributed by atoms with Crippen molar-refractivity contribution in [3.8, 4) is 16.9 Å². The number of nitrogens with one attached hydrogen (secondary N) is 1. The van der Waals surface area contributed by atoms with Crippen LogP contribution in [-0.2, 0) is 0 Å². The summed E-state index contributed by atoms with van der Waals surface area (Å²) >= 11 is 0. The minimum Gasteiger partial charge on any atom is -0.406 e. The quantitative estimate of drug-likeness (QED) is 0.670. The number of aromatic amines is 1. The van der Waals surface area contributed by atoms with Gasteiger partial charge in [0.05, 0.1) is 0 Å². The molecule has 2 nitrogen and oxygen atoms in total. The van der Waals surface area contributed by atoms with Gasteiger partial charge in [-0.15, -0.1) is 13.2 Å². The van der Waals surface area contributed by atoms with E-state index in [1.807, 2.05) is 0 Å². The molecule has 0 saturated carbocycles. The summed E-state index contributed by atoms with van der Waals surface area (Å²) in [6.45, 7) is 0. The van der Waals surface area contributed by atoms with Crippen LogP contribution in [0.4, 0.5) is 17.6 Å². The highest BCUT2D eigenvalue weighted by molar-refractivity contribution is 5.86. The lowest BCUT2D eigenvalue weighted by Crippen LogP contribution is -2.17. The molecule has 3 aromatic rings. The molecule has 0 atom stereocenters. The van der Waals surface area contributed by atoms with Gasteiger partial charge in [0, 0.05) is 22.7 Å². The van der Waals surface area contributed by atoms with Crippen LogP contribution in [0.15, 0.2) is 48.7 Å². The zero-order chi connectivity index (χ0) is 15.0. The summed E-state index contributed by atoms with van der Waals surface area (Å²) in [6.07, 6.45) is -3.18. The third-order valence-electron chi connectivity index (χ3n) is 3.05. The molecule has 0 aliphatic carbocycles. The lowest BCUT2D eigenvalue weighted by Gasteiger charge is -2.10. The van der Waals surface area contributed by atoms with Crippen molar-refractivity contribution in [2.45, 2.75) is 6.36 Å². The molecule has 21 heavy (non-hydrogen) atoms. The summed E-state index contributed by atoms with van der Waals surface area (Å²) in [7, 11) is 0. The lowest BCUT2D eigenvalue weighted by molar-refractivity contribution is -0.274. The highest BCUT2D eigenvalue weighted by atomic mass is 19.4. The minimum atomic E-state index is -4.78. The van der Waals surface area contributed by atoms with Gasteiger partial charge in [-0.1, -0.05) is 12.1 Å². The molecule has 0 amide bonds. The lowest BCUT2D eigenvalue weighted by atomic mass is 10.0. The van der Waals surface area contributed by atoms with E-state index in [2.05, 4.69) is 9.72 Å². The van der Waals surface area contributed by atoms with Gasteiger partial charge in [0.25, 0.3) is 0 Å². The van der Waals surface area contributed by atoms with Crippen LogP contribution in [0.5, 0.6) is 5.75 Å². The Morgan fingerprint density at radius 2 is 1.81 bits per heavy atom. The monoisotopic (exact) mass is 295 g/mol. The number of H-pyrrole nitrogens is 1. The SMILES string of the molecule is Fc1c(-c2cccc(OC(F)(F)F)c2)ccc2[nH]ccc12. The number of rotatable bonds is 2. The molecule has 1 aromatic heterocycles. The Morgan fingerprint density at radius 3 is 2.57 bits per heavy atom. The maximum Gasteiger partial charge on any atom is 0.573 e. The van der Waals surface area contributed by atoms with Crippen molar-refractivity contribution in [3.05, 3.63) is 54.5 Å². The standard InChI is InChI=1S/C15H9F4NO/c16-14-11(4-5-13-12(14)6-7-20-13)9-2-1-3-10(8-9)21-15(17,18)19/h1-8,20H. The summed E-state index contributed by atoms with van der Waals surface area (Å²) in [4.78, 5) is 2.87. The molecule has 0 bridgehead atoms. The van der Waals surface area contributed by atoms with Gasteiger partial charge in [-0.3, -0.25) is 0 Å². The first-order valence-corrected chi connectivity index (χ1v) is 6.06. The second-order valence-corrected chi connectivity index (χ2v) is 4.44. The summed E-state index contributed by atoms with van der Waals surface area (Å²) in [5.41, 5.74) is 1.16. The van der Waals surface area contributed by atoms with E-state index in [0.29, 0.717) is 16.5 Å². The average Bonchev–Trinajstić information content (AvgIpc) is 2.86. The number of halogens is 4. The zero-order valence-corrected chi connectivity index (χ0v) is 10.5. The molecule has 108 valence electrons. The molecule has 2 aromatic carbocycles. The Labute approximate surface area is 117 Å². The fraction of sp³-hybridized carbons (Fsp3) is 0.0667. The molecular weight excluding hydrogens is 286 g/mol. The number of aromatic nitrogens is 1. The summed E-state index contributed by atoms with van der Waals surface area (Å²) < 4.78 is 54.9. The van der Waals surface area contributed by atoms with Crippen molar-refractivity contribution < 1.29 is 22.3 Å². The largest absolute Gasteiger partial charge is 0.573 e. The van der Waals surface area contributed by atoms with Gasteiger partial charge in [0.1, 0.15) is 11.6 Å². The Balaban J connectivity index is 2.06. The van der Waals surface area contributed by atoms with Crippen LogP contribution in [0.3, 0.4) is 0 Å². The molecule has 0 aliphatic heterocycles. The smallest absolute Gasteiger partial charge is 0.406 e. The minimum absolute atomic E-state index is 0.217. The molecule has 0 saturated heterocycles. The van der Waals surface area contributed by atoms with Crippen LogP contribution in [0.2, 0.25) is 0 Å². The fourth-order valence-corrected chi connectivity index (χ4v) is 2.18. The van der Waals surface area contributed by atoms with Crippen LogP contribution < -0.4 is 4.74 Å². The molecule has 6 heteroatoms. The van der Waals surface area contributed by atoms with Crippen LogP contribution in [0, 0.1) is 5.82 Å². The van der Waals surface area contributed by atoms with Crippen molar-refractivity contribution in [1.82, 2.24) is 4.98 Å². The molecule has 3 rings (SSSR count). The van der Waals surface area contributed by atoms with E-state index in [1.54, 1.807) is 18.3 Å². The summed E-state index contributed by atoms with van der Waals surface area (Å²) in [5.74, 6) is -0.869. The van der Waals surface area contributed by atoms with Crippen molar-refractivity contribution in [2.24, 2.45) is 0 Å². The first-order chi connectivity index (χ1) is 9.94. The molecule has 1 heterocycles. The normalized spacial score (nSPS) is 11.8. The topological polar surface area (TPSA) is 25.0 Å². The number of hydrogen-bond donors (Lipinski definition) is 1. The Kier molecular flexibility index (Phi) is 3.08. The number of hydrogen-bond acceptors (Lipinski definition) is 1. The molecule has 0 spiro atoms. The Hall–Kier alpha value is -2.50. The number of alkyl halides is 3. The van der Waals surface area contributed by atoms with E-state index in [9.17, 15) is 17.6 Å². The fourth-order valence-electron chi connectivity index (χ4n) is 2.18. The van der Waals surface area contributed by atoms with Crippen LogP contribution in [-0.4, -0.2) is 11.3 Å². The van der Waals surface area contributed by atoms with E-state index in [-0.39, 0.29) is 11.3 Å². The number of fused-ring (bicyclic) bond motifs is 1. The molecule has 0 radical (unpaired) electrons. The van der Waals surface area contributed by atoms with Crippen LogP contribution >= 0.6 is 0 Å². The van der Waals surface area contributed by atoms with Gasteiger partial charge in [0.2, 0.25) is 0 Å². The average molecular weight is 295 g/mol. The summed E-state index contributed by atoms with van der Waals surface area (Å²) in [6, 6.07) is 10.0. The third-order valence-corrected chi connectivity index (χ3v) is 3.05. The Bertz CT molecular complexity index is 792. The van der Waals surface area contributed by atoms with Gasteiger partial charge in [-0.05, 0) is 35.9 Å². The predicted molar refractivity (Wildman–Crippen MR) is 70.4 cm³/mol. The van der Waals surface area contributed by atoms with Crippen LogP contribution in [0.1, 0.15) is 0 Å². The molecule has 1 N–H and O–H groups in total. The van der Waals surface area contributed by atoms with Gasteiger partial charge < -0.3 is 9.72 Å². The van der Waals surface area contributed by atoms with Gasteiger partial charge >= 0.3 is 6.36 Å². The van der Waals surface area contributed by atoms with Crippen LogP contribution in [0.25, 0.3) is 22.0 Å².